The second-order valence-corrected chi connectivity index (χ2v) is 6.62. The van der Waals surface area contributed by atoms with E-state index in [1.54, 1.807) is 0 Å². The predicted octanol–water partition coefficient (Wildman–Crippen LogP) is 3.13. The van der Waals surface area contributed by atoms with Gasteiger partial charge in [-0.25, -0.2) is 0 Å². The number of hydrogen-bond acceptors (Lipinski definition) is 3. The lowest BCUT2D eigenvalue weighted by Gasteiger charge is -2.31. The number of carbonyl (C=O) groups is 1. The molecule has 2 atom stereocenters. The van der Waals surface area contributed by atoms with Crippen LogP contribution in [0.3, 0.4) is 0 Å². The van der Waals surface area contributed by atoms with Gasteiger partial charge in [-0.05, 0) is 37.1 Å². The lowest BCUT2D eigenvalue weighted by atomic mass is 9.78. The van der Waals surface area contributed by atoms with E-state index in [4.69, 9.17) is 4.74 Å². The SMILES string of the molecule is COC(=O)[C@@H]1C[C@H](CCC2CCC(C)CC2)CCN1. The molecular weight excluding hydrogens is 238 g/mol. The number of piperidine rings is 1. The van der Waals surface area contributed by atoms with Crippen molar-refractivity contribution in [1.29, 1.82) is 0 Å². The number of carbonyl (C=O) groups excluding carboxylic acids is 1. The van der Waals surface area contributed by atoms with Crippen LogP contribution in [0.5, 0.6) is 0 Å². The van der Waals surface area contributed by atoms with Crippen LogP contribution in [0, 0.1) is 17.8 Å². The minimum absolute atomic E-state index is 0.0601. The summed E-state index contributed by atoms with van der Waals surface area (Å²) in [6.45, 7) is 3.34. The van der Waals surface area contributed by atoms with Crippen molar-refractivity contribution in [3.63, 3.8) is 0 Å². The van der Waals surface area contributed by atoms with Crippen molar-refractivity contribution in [1.82, 2.24) is 5.32 Å². The standard InChI is InChI=1S/C16H29NO2/c1-12-3-5-13(6-4-12)7-8-14-9-10-17-15(11-14)16(18)19-2/h12-15,17H,3-11H2,1-2H3/t12?,13?,14-,15+/m1/s1. The van der Waals surface area contributed by atoms with Gasteiger partial charge in [-0.3, -0.25) is 4.79 Å². The molecule has 0 aromatic carbocycles. The third-order valence-corrected chi connectivity index (χ3v) is 5.12. The molecule has 1 N–H and O–H groups in total. The van der Waals surface area contributed by atoms with Crippen molar-refractivity contribution in [2.75, 3.05) is 13.7 Å². The monoisotopic (exact) mass is 267 g/mol. The summed E-state index contributed by atoms with van der Waals surface area (Å²) in [4.78, 5) is 11.6. The van der Waals surface area contributed by atoms with Gasteiger partial charge >= 0.3 is 5.97 Å². The van der Waals surface area contributed by atoms with Crippen LogP contribution in [0.2, 0.25) is 0 Å². The second kappa shape index (κ2) is 7.28. The van der Waals surface area contributed by atoms with Crippen LogP contribution >= 0.6 is 0 Å². The first-order valence-electron chi connectivity index (χ1n) is 8.00. The Morgan fingerprint density at radius 1 is 1.11 bits per heavy atom. The van der Waals surface area contributed by atoms with E-state index in [-0.39, 0.29) is 12.0 Å². The fraction of sp³-hybridized carbons (Fsp3) is 0.938. The van der Waals surface area contributed by atoms with Gasteiger partial charge in [-0.2, -0.15) is 0 Å². The Bertz CT molecular complexity index is 284. The molecule has 0 radical (unpaired) electrons. The molecule has 1 aliphatic carbocycles. The minimum Gasteiger partial charge on any atom is -0.468 e. The van der Waals surface area contributed by atoms with E-state index >= 15 is 0 Å². The fourth-order valence-electron chi connectivity index (χ4n) is 3.67. The maximum absolute atomic E-state index is 11.6. The summed E-state index contributed by atoms with van der Waals surface area (Å²) in [6, 6.07) is -0.0601. The van der Waals surface area contributed by atoms with E-state index in [0.717, 1.165) is 24.8 Å². The Balaban J connectivity index is 1.69. The highest BCUT2D eigenvalue weighted by Crippen LogP contribution is 2.33. The molecule has 0 unspecified atom stereocenters. The number of esters is 1. The molecule has 0 spiro atoms. The van der Waals surface area contributed by atoms with Gasteiger partial charge in [0.1, 0.15) is 6.04 Å². The van der Waals surface area contributed by atoms with Crippen LogP contribution in [0.25, 0.3) is 0 Å². The normalized spacial score (nSPS) is 35.9. The number of hydrogen-bond donors (Lipinski definition) is 1. The summed E-state index contributed by atoms with van der Waals surface area (Å²) < 4.78 is 4.84. The Kier molecular flexibility index (Phi) is 5.68. The molecule has 1 heterocycles. The molecule has 1 saturated heterocycles. The van der Waals surface area contributed by atoms with Crippen molar-refractivity contribution in [3.8, 4) is 0 Å². The van der Waals surface area contributed by atoms with E-state index in [1.807, 2.05) is 0 Å². The molecule has 19 heavy (non-hydrogen) atoms. The van der Waals surface area contributed by atoms with Gasteiger partial charge in [-0.1, -0.05) is 45.4 Å². The minimum atomic E-state index is -0.0869. The van der Waals surface area contributed by atoms with Crippen LogP contribution in [0.1, 0.15) is 58.3 Å². The zero-order valence-electron chi connectivity index (χ0n) is 12.5. The van der Waals surface area contributed by atoms with Gasteiger partial charge in [-0.15, -0.1) is 0 Å². The van der Waals surface area contributed by atoms with E-state index in [2.05, 4.69) is 12.2 Å². The number of nitrogens with one attached hydrogen (secondary N) is 1. The number of rotatable bonds is 4. The summed E-state index contributed by atoms with van der Waals surface area (Å²) in [7, 11) is 1.48. The average molecular weight is 267 g/mol. The van der Waals surface area contributed by atoms with Crippen molar-refractivity contribution in [2.24, 2.45) is 17.8 Å². The van der Waals surface area contributed by atoms with Gasteiger partial charge in [0.2, 0.25) is 0 Å². The van der Waals surface area contributed by atoms with E-state index < -0.39 is 0 Å². The van der Waals surface area contributed by atoms with Crippen molar-refractivity contribution >= 4 is 5.97 Å². The Morgan fingerprint density at radius 2 is 1.79 bits per heavy atom. The highest BCUT2D eigenvalue weighted by molar-refractivity contribution is 5.75. The molecule has 1 saturated carbocycles. The summed E-state index contributed by atoms with van der Waals surface area (Å²) >= 11 is 0. The van der Waals surface area contributed by atoms with Crippen LogP contribution in [-0.4, -0.2) is 25.7 Å². The molecule has 0 aromatic rings. The van der Waals surface area contributed by atoms with Crippen molar-refractivity contribution in [3.05, 3.63) is 0 Å². The first-order chi connectivity index (χ1) is 9.19. The lowest BCUT2D eigenvalue weighted by Crippen LogP contribution is -2.44. The highest BCUT2D eigenvalue weighted by Gasteiger charge is 2.28. The molecule has 1 aliphatic heterocycles. The van der Waals surface area contributed by atoms with Gasteiger partial charge in [0.25, 0.3) is 0 Å². The fourth-order valence-corrected chi connectivity index (χ4v) is 3.67. The van der Waals surface area contributed by atoms with Crippen LogP contribution in [0.15, 0.2) is 0 Å². The van der Waals surface area contributed by atoms with Crippen molar-refractivity contribution < 1.29 is 9.53 Å². The quantitative estimate of drug-likeness (QED) is 0.795. The topological polar surface area (TPSA) is 38.3 Å². The van der Waals surface area contributed by atoms with Crippen LogP contribution in [0.4, 0.5) is 0 Å². The summed E-state index contributed by atoms with van der Waals surface area (Å²) in [5, 5.41) is 3.27. The highest BCUT2D eigenvalue weighted by atomic mass is 16.5. The molecule has 3 nitrogen and oxygen atoms in total. The lowest BCUT2D eigenvalue weighted by molar-refractivity contribution is -0.144. The van der Waals surface area contributed by atoms with Crippen LogP contribution in [-0.2, 0) is 9.53 Å². The average Bonchev–Trinajstić information content (AvgIpc) is 2.46. The first-order valence-corrected chi connectivity index (χ1v) is 8.00. The molecule has 2 aliphatic rings. The third-order valence-electron chi connectivity index (χ3n) is 5.12. The summed E-state index contributed by atoms with van der Waals surface area (Å²) in [5.41, 5.74) is 0. The summed E-state index contributed by atoms with van der Waals surface area (Å²) in [5.74, 6) is 2.52. The Labute approximate surface area is 117 Å². The van der Waals surface area contributed by atoms with Gasteiger partial charge in [0.15, 0.2) is 0 Å². The smallest absolute Gasteiger partial charge is 0.322 e. The molecular formula is C16H29NO2. The Morgan fingerprint density at radius 3 is 2.47 bits per heavy atom. The van der Waals surface area contributed by atoms with Crippen molar-refractivity contribution in [2.45, 2.75) is 64.3 Å². The molecule has 3 heteroatoms. The predicted molar refractivity (Wildman–Crippen MR) is 76.9 cm³/mol. The van der Waals surface area contributed by atoms with Crippen LogP contribution < -0.4 is 5.32 Å². The van der Waals surface area contributed by atoms with E-state index in [1.165, 1.54) is 52.1 Å². The second-order valence-electron chi connectivity index (χ2n) is 6.62. The molecule has 0 amide bonds. The first kappa shape index (κ1) is 14.8. The van der Waals surface area contributed by atoms with Gasteiger partial charge in [0, 0.05) is 0 Å². The zero-order valence-corrected chi connectivity index (χ0v) is 12.5. The molecule has 2 fully saturated rings. The maximum atomic E-state index is 11.6. The van der Waals surface area contributed by atoms with Gasteiger partial charge in [0.05, 0.1) is 7.11 Å². The number of ether oxygens (including phenoxy) is 1. The molecule has 110 valence electrons. The maximum Gasteiger partial charge on any atom is 0.322 e. The van der Waals surface area contributed by atoms with E-state index in [9.17, 15) is 4.79 Å². The molecule has 2 rings (SSSR count). The number of methoxy groups -OCH3 is 1. The van der Waals surface area contributed by atoms with E-state index in [0.29, 0.717) is 5.92 Å². The third kappa shape index (κ3) is 4.48. The molecule has 0 bridgehead atoms. The largest absolute Gasteiger partial charge is 0.468 e. The summed E-state index contributed by atoms with van der Waals surface area (Å²) in [6.07, 6.45) is 10.5. The molecule has 0 aromatic heterocycles. The zero-order chi connectivity index (χ0) is 13.7. The Hall–Kier alpha value is -0.570. The van der Waals surface area contributed by atoms with Gasteiger partial charge < -0.3 is 10.1 Å².